The molecule has 4 rings (SSSR count). The molecule has 0 aliphatic carbocycles. The lowest BCUT2D eigenvalue weighted by atomic mass is 10.0. The molecule has 3 aromatic heterocycles. The topological polar surface area (TPSA) is 84.1 Å². The van der Waals surface area contributed by atoms with E-state index in [1.54, 1.807) is 17.2 Å². The molecule has 26 heavy (non-hydrogen) atoms. The first kappa shape index (κ1) is 16.7. The molecule has 3 aromatic rings. The summed E-state index contributed by atoms with van der Waals surface area (Å²) in [5, 5.41) is 8.00. The fraction of sp³-hybridized carbons (Fsp3) is 0.500. The maximum Gasteiger partial charge on any atom is 0.254 e. The van der Waals surface area contributed by atoms with Crippen LogP contribution in [-0.4, -0.2) is 48.7 Å². The van der Waals surface area contributed by atoms with E-state index in [9.17, 15) is 0 Å². The maximum atomic E-state index is 4.48. The normalized spacial score (nSPS) is 15.6. The quantitative estimate of drug-likeness (QED) is 0.770. The fourth-order valence-electron chi connectivity index (χ4n) is 3.40. The Hall–Kier alpha value is -2.77. The summed E-state index contributed by atoms with van der Waals surface area (Å²) in [6.07, 6.45) is 6.24. The van der Waals surface area contributed by atoms with Crippen molar-refractivity contribution in [2.45, 2.75) is 46.1 Å². The summed E-state index contributed by atoms with van der Waals surface area (Å²) in [4.78, 5) is 19.8. The molecule has 1 aliphatic heterocycles. The van der Waals surface area contributed by atoms with Gasteiger partial charge in [-0.15, -0.1) is 0 Å². The van der Waals surface area contributed by atoms with Crippen LogP contribution in [-0.2, 0) is 6.42 Å². The lowest BCUT2D eigenvalue weighted by Crippen LogP contribution is -2.40. The van der Waals surface area contributed by atoms with Crippen molar-refractivity contribution in [2.75, 3.05) is 23.3 Å². The molecule has 4 heterocycles. The van der Waals surface area contributed by atoms with Crippen molar-refractivity contribution < 1.29 is 0 Å². The van der Waals surface area contributed by atoms with Crippen molar-refractivity contribution in [2.24, 2.45) is 0 Å². The van der Waals surface area contributed by atoms with Crippen LogP contribution in [0.15, 0.2) is 18.7 Å². The SMILES string of the molecule is CCc1cc(N2CCC(Nc3c(C)c(C)nc4ncnn34)CC2)ncn1. The number of rotatable bonds is 4. The molecular formula is C18H24N8. The number of aromatic nitrogens is 6. The standard InChI is InChI=1S/C18H24N8/c1-4-14-9-16(20-10-19-14)25-7-5-15(6-8-25)24-17-12(2)13(3)23-18-21-11-22-26(17)18/h9-11,15,24H,4-8H2,1-3H3. The predicted molar refractivity (Wildman–Crippen MR) is 101 cm³/mol. The lowest BCUT2D eigenvalue weighted by molar-refractivity contribution is 0.520. The third-order valence-corrected chi connectivity index (χ3v) is 5.14. The van der Waals surface area contributed by atoms with E-state index in [-0.39, 0.29) is 0 Å². The van der Waals surface area contributed by atoms with Gasteiger partial charge < -0.3 is 10.2 Å². The number of fused-ring (bicyclic) bond motifs is 1. The maximum absolute atomic E-state index is 4.48. The fourth-order valence-corrected chi connectivity index (χ4v) is 3.40. The molecule has 0 amide bonds. The molecule has 0 bridgehead atoms. The molecule has 0 unspecified atom stereocenters. The van der Waals surface area contributed by atoms with Crippen LogP contribution in [0.2, 0.25) is 0 Å². The van der Waals surface area contributed by atoms with E-state index in [4.69, 9.17) is 0 Å². The molecule has 1 fully saturated rings. The second-order valence-electron chi connectivity index (χ2n) is 6.77. The first-order valence-electron chi connectivity index (χ1n) is 9.15. The number of hydrogen-bond donors (Lipinski definition) is 1. The molecule has 1 saturated heterocycles. The third-order valence-electron chi connectivity index (χ3n) is 5.14. The Balaban J connectivity index is 1.48. The van der Waals surface area contributed by atoms with Crippen LogP contribution in [0.5, 0.6) is 0 Å². The van der Waals surface area contributed by atoms with Gasteiger partial charge in [-0.25, -0.2) is 15.0 Å². The first-order chi connectivity index (χ1) is 12.7. The zero-order chi connectivity index (χ0) is 18.1. The van der Waals surface area contributed by atoms with E-state index >= 15 is 0 Å². The zero-order valence-corrected chi connectivity index (χ0v) is 15.5. The van der Waals surface area contributed by atoms with Crippen molar-refractivity contribution in [3.05, 3.63) is 35.7 Å². The number of nitrogens with one attached hydrogen (secondary N) is 1. The van der Waals surface area contributed by atoms with Crippen molar-refractivity contribution >= 4 is 17.4 Å². The molecule has 0 atom stereocenters. The molecule has 8 heteroatoms. The van der Waals surface area contributed by atoms with Gasteiger partial charge in [-0.3, -0.25) is 0 Å². The van der Waals surface area contributed by atoms with Crippen LogP contribution in [0.3, 0.4) is 0 Å². The average Bonchev–Trinajstić information content (AvgIpc) is 3.14. The van der Waals surface area contributed by atoms with Gasteiger partial charge >= 0.3 is 0 Å². The number of piperidine rings is 1. The zero-order valence-electron chi connectivity index (χ0n) is 15.5. The minimum atomic E-state index is 0.395. The Morgan fingerprint density at radius 3 is 2.69 bits per heavy atom. The summed E-state index contributed by atoms with van der Waals surface area (Å²) in [6.45, 7) is 8.15. The van der Waals surface area contributed by atoms with Gasteiger partial charge in [-0.1, -0.05) is 6.92 Å². The minimum absolute atomic E-state index is 0.395. The van der Waals surface area contributed by atoms with Gasteiger partial charge in [-0.05, 0) is 33.1 Å². The lowest BCUT2D eigenvalue weighted by Gasteiger charge is -2.34. The molecule has 136 valence electrons. The van der Waals surface area contributed by atoms with Gasteiger partial charge in [0.1, 0.15) is 24.3 Å². The van der Waals surface area contributed by atoms with E-state index < -0.39 is 0 Å². The summed E-state index contributed by atoms with van der Waals surface area (Å²) in [6, 6.07) is 2.50. The van der Waals surface area contributed by atoms with Crippen molar-refractivity contribution in [3.8, 4) is 0 Å². The van der Waals surface area contributed by atoms with E-state index in [1.807, 2.05) is 6.92 Å². The molecule has 0 aromatic carbocycles. The average molecular weight is 352 g/mol. The summed E-state index contributed by atoms with van der Waals surface area (Å²) >= 11 is 0. The van der Waals surface area contributed by atoms with E-state index in [1.165, 1.54) is 0 Å². The summed E-state index contributed by atoms with van der Waals surface area (Å²) in [5.74, 6) is 2.67. The van der Waals surface area contributed by atoms with Crippen LogP contribution < -0.4 is 10.2 Å². The predicted octanol–water partition coefficient (Wildman–Crippen LogP) is 2.17. The third kappa shape index (κ3) is 3.07. The van der Waals surface area contributed by atoms with Gasteiger partial charge in [0, 0.05) is 42.1 Å². The van der Waals surface area contributed by atoms with Crippen molar-refractivity contribution in [1.29, 1.82) is 0 Å². The van der Waals surface area contributed by atoms with Crippen molar-refractivity contribution in [1.82, 2.24) is 29.5 Å². The Kier molecular flexibility index (Phi) is 4.40. The highest BCUT2D eigenvalue weighted by molar-refractivity contribution is 5.52. The molecular weight excluding hydrogens is 328 g/mol. The molecule has 0 spiro atoms. The minimum Gasteiger partial charge on any atom is -0.367 e. The van der Waals surface area contributed by atoms with Crippen LogP contribution in [0, 0.1) is 13.8 Å². The van der Waals surface area contributed by atoms with E-state index in [2.05, 4.69) is 55.2 Å². The summed E-state index contributed by atoms with van der Waals surface area (Å²) in [7, 11) is 0. The highest BCUT2D eigenvalue weighted by Crippen LogP contribution is 2.23. The van der Waals surface area contributed by atoms with Crippen LogP contribution >= 0.6 is 0 Å². The highest BCUT2D eigenvalue weighted by Gasteiger charge is 2.22. The second kappa shape index (κ2) is 6.86. The highest BCUT2D eigenvalue weighted by atomic mass is 15.4. The molecule has 0 saturated carbocycles. The van der Waals surface area contributed by atoms with Gasteiger partial charge in [0.2, 0.25) is 0 Å². The Labute approximate surface area is 152 Å². The molecule has 1 N–H and O–H groups in total. The van der Waals surface area contributed by atoms with Crippen LogP contribution in [0.1, 0.15) is 36.7 Å². The number of hydrogen-bond acceptors (Lipinski definition) is 7. The Bertz CT molecular complexity index is 911. The molecule has 1 aliphatic rings. The Morgan fingerprint density at radius 2 is 1.92 bits per heavy atom. The van der Waals surface area contributed by atoms with Gasteiger partial charge in [0.05, 0.1) is 0 Å². The smallest absolute Gasteiger partial charge is 0.254 e. The van der Waals surface area contributed by atoms with Crippen LogP contribution in [0.25, 0.3) is 5.78 Å². The van der Waals surface area contributed by atoms with E-state index in [0.29, 0.717) is 11.8 Å². The number of nitrogens with zero attached hydrogens (tertiary/aromatic N) is 7. The largest absolute Gasteiger partial charge is 0.367 e. The summed E-state index contributed by atoms with van der Waals surface area (Å²) in [5.41, 5.74) is 3.19. The summed E-state index contributed by atoms with van der Waals surface area (Å²) < 4.78 is 1.80. The molecule has 0 radical (unpaired) electrons. The number of aryl methyl sites for hydroxylation is 2. The number of anilines is 2. The van der Waals surface area contributed by atoms with E-state index in [0.717, 1.165) is 60.9 Å². The molecule has 8 nitrogen and oxygen atoms in total. The van der Waals surface area contributed by atoms with Crippen LogP contribution in [0.4, 0.5) is 11.6 Å². The van der Waals surface area contributed by atoms with Gasteiger partial charge in [0.15, 0.2) is 0 Å². The monoisotopic (exact) mass is 352 g/mol. The Morgan fingerprint density at radius 1 is 1.12 bits per heavy atom. The van der Waals surface area contributed by atoms with Gasteiger partial charge in [-0.2, -0.15) is 14.6 Å². The first-order valence-corrected chi connectivity index (χ1v) is 9.15. The second-order valence-corrected chi connectivity index (χ2v) is 6.77. The van der Waals surface area contributed by atoms with Gasteiger partial charge in [0.25, 0.3) is 5.78 Å². The van der Waals surface area contributed by atoms with Crippen molar-refractivity contribution in [3.63, 3.8) is 0 Å².